The second-order valence-electron chi connectivity index (χ2n) is 4.47. The van der Waals surface area contributed by atoms with E-state index in [9.17, 15) is 0 Å². The SMILES string of the molecule is CCCC(CCC)NC(C)c1ncc(C)s1. The monoisotopic (exact) mass is 240 g/mol. The summed E-state index contributed by atoms with van der Waals surface area (Å²) in [6.45, 7) is 8.84. The number of nitrogens with zero attached hydrogens (tertiary/aromatic N) is 1. The number of rotatable bonds is 7. The summed E-state index contributed by atoms with van der Waals surface area (Å²) in [4.78, 5) is 5.74. The van der Waals surface area contributed by atoms with Crippen molar-refractivity contribution in [2.24, 2.45) is 0 Å². The molecule has 0 aliphatic carbocycles. The molecule has 1 aromatic rings. The van der Waals surface area contributed by atoms with Gasteiger partial charge in [0.15, 0.2) is 0 Å². The molecule has 1 unspecified atom stereocenters. The topological polar surface area (TPSA) is 24.9 Å². The molecule has 1 heterocycles. The van der Waals surface area contributed by atoms with Gasteiger partial charge in [0.05, 0.1) is 6.04 Å². The fourth-order valence-electron chi connectivity index (χ4n) is 2.01. The lowest BCUT2D eigenvalue weighted by Gasteiger charge is -2.21. The van der Waals surface area contributed by atoms with Crippen LogP contribution in [0.2, 0.25) is 0 Å². The first-order valence-electron chi connectivity index (χ1n) is 6.35. The summed E-state index contributed by atoms with van der Waals surface area (Å²) < 4.78 is 0. The van der Waals surface area contributed by atoms with Gasteiger partial charge in [-0.3, -0.25) is 0 Å². The van der Waals surface area contributed by atoms with E-state index in [0.717, 1.165) is 0 Å². The fraction of sp³-hybridized carbons (Fsp3) is 0.769. The van der Waals surface area contributed by atoms with Gasteiger partial charge in [0.25, 0.3) is 0 Å². The van der Waals surface area contributed by atoms with Crippen LogP contribution in [0.1, 0.15) is 62.4 Å². The number of nitrogens with one attached hydrogen (secondary N) is 1. The third kappa shape index (κ3) is 4.22. The van der Waals surface area contributed by atoms with Crippen molar-refractivity contribution in [3.63, 3.8) is 0 Å². The summed E-state index contributed by atoms with van der Waals surface area (Å²) in [5.41, 5.74) is 0. The lowest BCUT2D eigenvalue weighted by molar-refractivity contribution is 0.402. The molecule has 0 amide bonds. The molecule has 3 heteroatoms. The van der Waals surface area contributed by atoms with E-state index in [0.29, 0.717) is 12.1 Å². The molecule has 92 valence electrons. The molecule has 0 radical (unpaired) electrons. The summed E-state index contributed by atoms with van der Waals surface area (Å²) >= 11 is 1.80. The first-order valence-corrected chi connectivity index (χ1v) is 7.17. The molecule has 0 saturated carbocycles. The molecule has 1 aromatic heterocycles. The minimum Gasteiger partial charge on any atom is -0.305 e. The summed E-state index contributed by atoms with van der Waals surface area (Å²) in [7, 11) is 0. The maximum absolute atomic E-state index is 4.45. The Labute approximate surface area is 103 Å². The first kappa shape index (κ1) is 13.7. The molecule has 1 N–H and O–H groups in total. The van der Waals surface area contributed by atoms with Crippen LogP contribution < -0.4 is 5.32 Å². The van der Waals surface area contributed by atoms with Gasteiger partial charge >= 0.3 is 0 Å². The molecule has 0 fully saturated rings. The Balaban J connectivity index is 2.50. The van der Waals surface area contributed by atoms with Crippen LogP contribution in [0.15, 0.2) is 6.20 Å². The van der Waals surface area contributed by atoms with Gasteiger partial charge in [-0.05, 0) is 26.7 Å². The number of thiazole rings is 1. The third-order valence-electron chi connectivity index (χ3n) is 2.77. The summed E-state index contributed by atoms with van der Waals surface area (Å²) in [6, 6.07) is 1.04. The molecule has 2 nitrogen and oxygen atoms in total. The molecule has 16 heavy (non-hydrogen) atoms. The number of hydrogen-bond donors (Lipinski definition) is 1. The maximum Gasteiger partial charge on any atom is 0.109 e. The Kier molecular flexibility index (Phi) is 5.99. The van der Waals surface area contributed by atoms with Crippen LogP contribution in [0, 0.1) is 6.92 Å². The van der Waals surface area contributed by atoms with Gasteiger partial charge in [-0.15, -0.1) is 11.3 Å². The van der Waals surface area contributed by atoms with E-state index in [1.807, 2.05) is 6.20 Å². The molecule has 0 aromatic carbocycles. The van der Waals surface area contributed by atoms with Crippen molar-refractivity contribution in [1.82, 2.24) is 10.3 Å². The highest BCUT2D eigenvalue weighted by molar-refractivity contribution is 7.11. The van der Waals surface area contributed by atoms with Crippen LogP contribution in [-0.4, -0.2) is 11.0 Å². The Morgan fingerprint density at radius 3 is 2.38 bits per heavy atom. The normalized spacial score (nSPS) is 13.3. The first-order chi connectivity index (χ1) is 7.67. The van der Waals surface area contributed by atoms with Gasteiger partial charge in [0.2, 0.25) is 0 Å². The van der Waals surface area contributed by atoms with Crippen LogP contribution in [0.25, 0.3) is 0 Å². The Morgan fingerprint density at radius 1 is 1.31 bits per heavy atom. The Hall–Kier alpha value is -0.410. The molecule has 0 aliphatic heterocycles. The van der Waals surface area contributed by atoms with Crippen LogP contribution in [0.3, 0.4) is 0 Å². The Morgan fingerprint density at radius 2 is 1.94 bits per heavy atom. The third-order valence-corrected chi connectivity index (χ3v) is 3.87. The summed E-state index contributed by atoms with van der Waals surface area (Å²) in [6.07, 6.45) is 7.00. The van der Waals surface area contributed by atoms with Crippen molar-refractivity contribution in [1.29, 1.82) is 0 Å². The lowest BCUT2D eigenvalue weighted by atomic mass is 10.1. The second kappa shape index (κ2) is 7.02. The van der Waals surface area contributed by atoms with E-state index in [2.05, 4.69) is 38.0 Å². The lowest BCUT2D eigenvalue weighted by Crippen LogP contribution is -2.31. The molecule has 0 bridgehead atoms. The van der Waals surface area contributed by atoms with Gasteiger partial charge in [-0.25, -0.2) is 4.98 Å². The zero-order chi connectivity index (χ0) is 12.0. The molecular weight excluding hydrogens is 216 g/mol. The van der Waals surface area contributed by atoms with Crippen LogP contribution in [-0.2, 0) is 0 Å². The van der Waals surface area contributed by atoms with Crippen LogP contribution in [0.4, 0.5) is 0 Å². The van der Waals surface area contributed by atoms with Crippen molar-refractivity contribution in [3.8, 4) is 0 Å². The predicted octanol–water partition coefficient (Wildman–Crippen LogP) is 4.07. The van der Waals surface area contributed by atoms with E-state index in [1.54, 1.807) is 11.3 Å². The molecule has 0 aliphatic rings. The van der Waals surface area contributed by atoms with Crippen LogP contribution in [0.5, 0.6) is 0 Å². The van der Waals surface area contributed by atoms with E-state index in [-0.39, 0.29) is 0 Å². The Bertz CT molecular complexity index is 290. The van der Waals surface area contributed by atoms with Crippen LogP contribution >= 0.6 is 11.3 Å². The van der Waals surface area contributed by atoms with Gasteiger partial charge in [-0.2, -0.15) is 0 Å². The van der Waals surface area contributed by atoms with Gasteiger partial charge < -0.3 is 5.32 Å². The van der Waals surface area contributed by atoms with Crippen molar-refractivity contribution in [3.05, 3.63) is 16.1 Å². The largest absolute Gasteiger partial charge is 0.305 e. The van der Waals surface area contributed by atoms with Crippen molar-refractivity contribution in [2.75, 3.05) is 0 Å². The van der Waals surface area contributed by atoms with E-state index < -0.39 is 0 Å². The standard InChI is InChI=1S/C13H24N2S/c1-5-7-12(8-6-2)15-11(4)13-14-9-10(3)16-13/h9,11-12,15H,5-8H2,1-4H3. The average Bonchev–Trinajstić information content (AvgIpc) is 2.65. The zero-order valence-electron chi connectivity index (χ0n) is 10.9. The number of aryl methyl sites for hydroxylation is 1. The fourth-order valence-corrected chi connectivity index (χ4v) is 2.79. The summed E-state index contributed by atoms with van der Waals surface area (Å²) in [5, 5.41) is 4.91. The van der Waals surface area contributed by atoms with Gasteiger partial charge in [0, 0.05) is 17.1 Å². The predicted molar refractivity (Wildman–Crippen MR) is 72.0 cm³/mol. The molecule has 0 saturated heterocycles. The molecule has 1 rings (SSSR count). The maximum atomic E-state index is 4.45. The average molecular weight is 240 g/mol. The van der Waals surface area contributed by atoms with E-state index in [4.69, 9.17) is 0 Å². The smallest absolute Gasteiger partial charge is 0.109 e. The second-order valence-corrected chi connectivity index (χ2v) is 5.74. The van der Waals surface area contributed by atoms with Crippen molar-refractivity contribution >= 4 is 11.3 Å². The van der Waals surface area contributed by atoms with Crippen molar-refractivity contribution in [2.45, 2.75) is 65.5 Å². The highest BCUT2D eigenvalue weighted by Crippen LogP contribution is 2.20. The minimum absolute atomic E-state index is 0.391. The number of aromatic nitrogens is 1. The highest BCUT2D eigenvalue weighted by Gasteiger charge is 2.14. The van der Waals surface area contributed by atoms with Crippen molar-refractivity contribution < 1.29 is 0 Å². The van der Waals surface area contributed by atoms with Gasteiger partial charge in [0.1, 0.15) is 5.01 Å². The van der Waals surface area contributed by atoms with Gasteiger partial charge in [-0.1, -0.05) is 26.7 Å². The highest BCUT2D eigenvalue weighted by atomic mass is 32.1. The quantitative estimate of drug-likeness (QED) is 0.777. The summed E-state index contributed by atoms with van der Waals surface area (Å²) in [5.74, 6) is 0. The zero-order valence-corrected chi connectivity index (χ0v) is 11.7. The molecule has 0 spiro atoms. The number of hydrogen-bond acceptors (Lipinski definition) is 3. The van der Waals surface area contributed by atoms with E-state index in [1.165, 1.54) is 35.6 Å². The van der Waals surface area contributed by atoms with E-state index >= 15 is 0 Å². The molecule has 1 atom stereocenters. The minimum atomic E-state index is 0.391. The molecular formula is C13H24N2S.